The summed E-state index contributed by atoms with van der Waals surface area (Å²) in [5, 5.41) is 6.45. The highest BCUT2D eigenvalue weighted by molar-refractivity contribution is 9.10. The zero-order valence-electron chi connectivity index (χ0n) is 9.11. The van der Waals surface area contributed by atoms with Crippen LogP contribution in [0.15, 0.2) is 33.5 Å². The van der Waals surface area contributed by atoms with E-state index in [2.05, 4.69) is 31.4 Å². The van der Waals surface area contributed by atoms with Crippen LogP contribution >= 0.6 is 15.9 Å². The summed E-state index contributed by atoms with van der Waals surface area (Å²) in [5.74, 6) is 0.431. The Bertz CT molecular complexity index is 522. The summed E-state index contributed by atoms with van der Waals surface area (Å²) >= 11 is 3.21. The summed E-state index contributed by atoms with van der Waals surface area (Å²) in [6, 6.07) is 5.19. The van der Waals surface area contributed by atoms with Gasteiger partial charge in [0, 0.05) is 12.3 Å². The Morgan fingerprint density at radius 3 is 2.94 bits per heavy atom. The first-order chi connectivity index (χ1) is 8.15. The summed E-state index contributed by atoms with van der Waals surface area (Å²) in [6.07, 6.45) is 1.51. The smallest absolute Gasteiger partial charge is 0.253 e. The highest BCUT2D eigenvalue weighted by Crippen LogP contribution is 2.07. The third-order valence-corrected chi connectivity index (χ3v) is 2.56. The lowest BCUT2D eigenvalue weighted by atomic mass is 10.2. The van der Waals surface area contributed by atoms with Gasteiger partial charge in [-0.2, -0.15) is 0 Å². The maximum absolute atomic E-state index is 11.7. The van der Waals surface area contributed by atoms with Crippen molar-refractivity contribution in [2.75, 3.05) is 0 Å². The van der Waals surface area contributed by atoms with Gasteiger partial charge in [-0.25, -0.2) is 4.98 Å². The van der Waals surface area contributed by atoms with Gasteiger partial charge in [0.1, 0.15) is 4.60 Å². The molecule has 17 heavy (non-hydrogen) atoms. The maximum Gasteiger partial charge on any atom is 0.253 e. The minimum absolute atomic E-state index is 0.195. The van der Waals surface area contributed by atoms with Gasteiger partial charge < -0.3 is 9.84 Å². The molecule has 88 valence electrons. The number of nitrogens with zero attached hydrogens (tertiary/aromatic N) is 2. The van der Waals surface area contributed by atoms with Crippen LogP contribution in [0.4, 0.5) is 0 Å². The summed E-state index contributed by atoms with van der Waals surface area (Å²) in [4.78, 5) is 15.7. The first kappa shape index (κ1) is 11.8. The summed E-state index contributed by atoms with van der Waals surface area (Å²) in [5.41, 5.74) is 1.30. The van der Waals surface area contributed by atoms with Crippen LogP contribution in [0.5, 0.6) is 0 Å². The fourth-order valence-corrected chi connectivity index (χ4v) is 1.51. The van der Waals surface area contributed by atoms with Crippen molar-refractivity contribution in [3.8, 4) is 0 Å². The van der Waals surface area contributed by atoms with Crippen LogP contribution in [0.1, 0.15) is 21.8 Å². The Labute approximate surface area is 106 Å². The molecule has 0 atom stereocenters. The van der Waals surface area contributed by atoms with Gasteiger partial charge in [-0.05, 0) is 35.0 Å². The molecule has 0 spiro atoms. The molecule has 0 radical (unpaired) electrons. The molecular weight excluding hydrogens is 286 g/mol. The molecule has 0 fully saturated rings. The number of aryl methyl sites for hydroxylation is 1. The van der Waals surface area contributed by atoms with Crippen LogP contribution in [0.25, 0.3) is 0 Å². The van der Waals surface area contributed by atoms with Gasteiger partial charge in [-0.15, -0.1) is 0 Å². The van der Waals surface area contributed by atoms with E-state index in [0.29, 0.717) is 22.5 Å². The van der Waals surface area contributed by atoms with Crippen molar-refractivity contribution in [3.05, 3.63) is 46.0 Å². The van der Waals surface area contributed by atoms with E-state index in [1.807, 2.05) is 6.92 Å². The molecule has 0 saturated heterocycles. The lowest BCUT2D eigenvalue weighted by Gasteiger charge is -2.02. The highest BCUT2D eigenvalue weighted by Gasteiger charge is 2.07. The number of nitrogens with one attached hydrogen (secondary N) is 1. The number of carbonyl (C=O) groups excluding carboxylic acids is 1. The molecule has 1 amide bonds. The molecule has 0 aliphatic heterocycles. The van der Waals surface area contributed by atoms with Crippen LogP contribution in [0.2, 0.25) is 0 Å². The number of carbonyl (C=O) groups is 1. The molecule has 0 bridgehead atoms. The predicted octanol–water partition coefficient (Wildman–Crippen LogP) is 2.07. The first-order valence-corrected chi connectivity index (χ1v) is 5.76. The molecule has 0 aliphatic carbocycles. The van der Waals surface area contributed by atoms with E-state index >= 15 is 0 Å². The maximum atomic E-state index is 11.7. The molecule has 0 unspecified atom stereocenters. The van der Waals surface area contributed by atoms with Gasteiger partial charge in [0.25, 0.3) is 5.91 Å². The second-order valence-corrected chi connectivity index (χ2v) is 4.30. The summed E-state index contributed by atoms with van der Waals surface area (Å²) < 4.78 is 5.68. The van der Waals surface area contributed by atoms with Gasteiger partial charge >= 0.3 is 0 Å². The molecule has 2 heterocycles. The fraction of sp³-hybridized carbons (Fsp3) is 0.182. The second-order valence-electron chi connectivity index (χ2n) is 3.49. The van der Waals surface area contributed by atoms with Crippen LogP contribution in [0.3, 0.4) is 0 Å². The molecule has 5 nitrogen and oxygen atoms in total. The Morgan fingerprint density at radius 2 is 2.35 bits per heavy atom. The van der Waals surface area contributed by atoms with Crippen molar-refractivity contribution < 1.29 is 9.32 Å². The van der Waals surface area contributed by atoms with Gasteiger partial charge in [-0.3, -0.25) is 4.79 Å². The second kappa shape index (κ2) is 5.09. The van der Waals surface area contributed by atoms with E-state index in [9.17, 15) is 4.79 Å². The van der Waals surface area contributed by atoms with E-state index in [4.69, 9.17) is 4.52 Å². The first-order valence-electron chi connectivity index (χ1n) is 4.97. The van der Waals surface area contributed by atoms with Gasteiger partial charge in [0.2, 0.25) is 0 Å². The largest absolute Gasteiger partial charge is 0.359 e. The van der Waals surface area contributed by atoms with Gasteiger partial charge in [0.15, 0.2) is 5.76 Å². The molecule has 6 heteroatoms. The highest BCUT2D eigenvalue weighted by atomic mass is 79.9. The van der Waals surface area contributed by atoms with Crippen molar-refractivity contribution >= 4 is 21.8 Å². The van der Waals surface area contributed by atoms with Crippen molar-refractivity contribution in [2.24, 2.45) is 0 Å². The molecule has 2 rings (SSSR count). The van der Waals surface area contributed by atoms with E-state index in [0.717, 1.165) is 5.69 Å². The molecule has 0 aromatic carbocycles. The lowest BCUT2D eigenvalue weighted by Crippen LogP contribution is -2.22. The average molecular weight is 296 g/mol. The fourth-order valence-electron chi connectivity index (χ4n) is 1.28. The van der Waals surface area contributed by atoms with E-state index in [-0.39, 0.29) is 5.91 Å². The third-order valence-electron chi connectivity index (χ3n) is 2.09. The summed E-state index contributed by atoms with van der Waals surface area (Å²) in [6.45, 7) is 2.14. The Morgan fingerprint density at radius 1 is 1.53 bits per heavy atom. The molecule has 2 aromatic rings. The standard InChI is InChI=1S/C11H10BrN3O2/c1-7-4-9(17-15-7)6-14-11(16)8-2-3-10(12)13-5-8/h2-5H,6H2,1H3,(H,14,16). The number of hydrogen-bond acceptors (Lipinski definition) is 4. The van der Waals surface area contributed by atoms with Crippen LogP contribution < -0.4 is 5.32 Å². The molecule has 0 saturated carbocycles. The SMILES string of the molecule is Cc1cc(CNC(=O)c2ccc(Br)nc2)on1. The Kier molecular flexibility index (Phi) is 3.53. The number of halogens is 1. The quantitative estimate of drug-likeness (QED) is 0.880. The van der Waals surface area contributed by atoms with Gasteiger partial charge in [-0.1, -0.05) is 5.16 Å². The normalized spacial score (nSPS) is 10.2. The Hall–Kier alpha value is -1.69. The molecule has 1 N–H and O–H groups in total. The average Bonchev–Trinajstić information content (AvgIpc) is 2.73. The minimum Gasteiger partial charge on any atom is -0.359 e. The van der Waals surface area contributed by atoms with E-state index < -0.39 is 0 Å². The van der Waals surface area contributed by atoms with Crippen LogP contribution in [0, 0.1) is 6.92 Å². The van der Waals surface area contributed by atoms with Crippen molar-refractivity contribution in [3.63, 3.8) is 0 Å². The van der Waals surface area contributed by atoms with Crippen LogP contribution in [-0.4, -0.2) is 16.0 Å². The number of hydrogen-bond donors (Lipinski definition) is 1. The Balaban J connectivity index is 1.95. The minimum atomic E-state index is -0.195. The predicted molar refractivity (Wildman–Crippen MR) is 64.3 cm³/mol. The molecule has 2 aromatic heterocycles. The number of amides is 1. The zero-order valence-corrected chi connectivity index (χ0v) is 10.7. The van der Waals surface area contributed by atoms with Crippen LogP contribution in [-0.2, 0) is 6.54 Å². The number of pyridine rings is 1. The lowest BCUT2D eigenvalue weighted by molar-refractivity contribution is 0.0946. The number of rotatable bonds is 3. The zero-order chi connectivity index (χ0) is 12.3. The van der Waals surface area contributed by atoms with Crippen molar-refractivity contribution in [1.82, 2.24) is 15.5 Å². The molecule has 0 aliphatic rings. The number of aromatic nitrogens is 2. The topological polar surface area (TPSA) is 68.0 Å². The third kappa shape index (κ3) is 3.13. The van der Waals surface area contributed by atoms with E-state index in [1.54, 1.807) is 18.2 Å². The molecular formula is C11H10BrN3O2. The van der Waals surface area contributed by atoms with Gasteiger partial charge in [0.05, 0.1) is 17.8 Å². The van der Waals surface area contributed by atoms with Crippen molar-refractivity contribution in [2.45, 2.75) is 13.5 Å². The summed E-state index contributed by atoms with van der Waals surface area (Å²) in [7, 11) is 0. The van der Waals surface area contributed by atoms with E-state index in [1.165, 1.54) is 6.20 Å². The van der Waals surface area contributed by atoms with Crippen molar-refractivity contribution in [1.29, 1.82) is 0 Å². The monoisotopic (exact) mass is 295 g/mol.